The van der Waals surface area contributed by atoms with Crippen LogP contribution in [0, 0.1) is 0 Å². The summed E-state index contributed by atoms with van der Waals surface area (Å²) in [7, 11) is 2.14. The molecule has 1 aliphatic rings. The molecule has 1 aromatic rings. The van der Waals surface area contributed by atoms with Crippen LogP contribution >= 0.6 is 24.8 Å². The highest BCUT2D eigenvalue weighted by Crippen LogP contribution is 2.22. The zero-order chi connectivity index (χ0) is 8.55. The molecule has 0 saturated carbocycles. The molecule has 2 rings (SSSR count). The summed E-state index contributed by atoms with van der Waals surface area (Å²) < 4.78 is 0. The van der Waals surface area contributed by atoms with Crippen LogP contribution in [0.1, 0.15) is 11.1 Å². The first-order valence-corrected chi connectivity index (χ1v) is 4.32. The molecule has 80 valence electrons. The third-order valence-electron chi connectivity index (χ3n) is 2.49. The number of fused-ring (bicyclic) bond motifs is 1. The summed E-state index contributed by atoms with van der Waals surface area (Å²) in [5.41, 5.74) is 9.58. The quantitative estimate of drug-likeness (QED) is 0.698. The van der Waals surface area contributed by atoms with Gasteiger partial charge in [-0.2, -0.15) is 0 Å². The molecule has 0 spiro atoms. The van der Waals surface area contributed by atoms with Gasteiger partial charge in [0.1, 0.15) is 0 Å². The molecule has 14 heavy (non-hydrogen) atoms. The minimum absolute atomic E-state index is 0. The summed E-state index contributed by atoms with van der Waals surface area (Å²) >= 11 is 0. The Labute approximate surface area is 97.3 Å². The Bertz CT molecular complexity index is 302. The number of nitrogens with two attached hydrogens (primary N) is 1. The van der Waals surface area contributed by atoms with E-state index < -0.39 is 0 Å². The topological polar surface area (TPSA) is 29.3 Å². The van der Waals surface area contributed by atoms with Crippen LogP contribution in [0.15, 0.2) is 18.2 Å². The monoisotopic (exact) mass is 234 g/mol. The van der Waals surface area contributed by atoms with Crippen molar-refractivity contribution in [3.63, 3.8) is 0 Å². The number of halogens is 2. The lowest BCUT2D eigenvalue weighted by molar-refractivity contribution is 0.313. The van der Waals surface area contributed by atoms with E-state index in [-0.39, 0.29) is 24.8 Å². The molecule has 1 aromatic carbocycles. The van der Waals surface area contributed by atoms with Gasteiger partial charge in [0.25, 0.3) is 0 Å². The predicted molar refractivity (Wildman–Crippen MR) is 65.4 cm³/mol. The Kier molecular flexibility index (Phi) is 5.27. The third-order valence-corrected chi connectivity index (χ3v) is 2.49. The molecule has 0 fully saturated rings. The molecular formula is C10H16Cl2N2. The van der Waals surface area contributed by atoms with Crippen molar-refractivity contribution >= 4 is 30.5 Å². The van der Waals surface area contributed by atoms with E-state index in [0.29, 0.717) is 0 Å². The number of hydrogen-bond acceptors (Lipinski definition) is 2. The standard InChI is InChI=1S/C10H14N2.2ClH/c1-12-6-5-9-8(7-12)3-2-4-10(9)11;;/h2-4H,5-7,11H2,1H3;2*1H. The highest BCUT2D eigenvalue weighted by molar-refractivity contribution is 5.85. The number of nitrogens with zero attached hydrogens (tertiary/aromatic N) is 1. The van der Waals surface area contributed by atoms with E-state index in [2.05, 4.69) is 18.0 Å². The predicted octanol–water partition coefficient (Wildman–Crippen LogP) is 2.10. The lowest BCUT2D eigenvalue weighted by Crippen LogP contribution is -2.27. The number of benzene rings is 1. The van der Waals surface area contributed by atoms with Gasteiger partial charge in [0.2, 0.25) is 0 Å². The van der Waals surface area contributed by atoms with Crippen LogP contribution in [-0.4, -0.2) is 18.5 Å². The van der Waals surface area contributed by atoms with Gasteiger partial charge in [-0.15, -0.1) is 24.8 Å². The third kappa shape index (κ3) is 2.53. The maximum Gasteiger partial charge on any atom is 0.0350 e. The molecule has 0 unspecified atom stereocenters. The molecule has 2 N–H and O–H groups in total. The van der Waals surface area contributed by atoms with E-state index in [0.717, 1.165) is 25.2 Å². The number of anilines is 1. The van der Waals surface area contributed by atoms with Crippen molar-refractivity contribution in [1.82, 2.24) is 4.90 Å². The molecule has 0 radical (unpaired) electrons. The average molecular weight is 235 g/mol. The Morgan fingerprint density at radius 3 is 2.71 bits per heavy atom. The van der Waals surface area contributed by atoms with Gasteiger partial charge in [-0.25, -0.2) is 0 Å². The van der Waals surface area contributed by atoms with Gasteiger partial charge in [0, 0.05) is 18.8 Å². The van der Waals surface area contributed by atoms with Gasteiger partial charge in [-0.1, -0.05) is 12.1 Å². The molecule has 1 heterocycles. The Morgan fingerprint density at radius 2 is 2.00 bits per heavy atom. The van der Waals surface area contributed by atoms with Crippen molar-refractivity contribution in [3.8, 4) is 0 Å². The van der Waals surface area contributed by atoms with Gasteiger partial charge in [0.15, 0.2) is 0 Å². The van der Waals surface area contributed by atoms with E-state index in [1.165, 1.54) is 11.1 Å². The first-order valence-electron chi connectivity index (χ1n) is 4.32. The van der Waals surface area contributed by atoms with E-state index in [4.69, 9.17) is 5.73 Å². The van der Waals surface area contributed by atoms with Crippen LogP contribution in [0.4, 0.5) is 5.69 Å². The summed E-state index contributed by atoms with van der Waals surface area (Å²) in [6.07, 6.45) is 1.10. The fraction of sp³-hybridized carbons (Fsp3) is 0.400. The van der Waals surface area contributed by atoms with Crippen LogP contribution in [0.25, 0.3) is 0 Å². The Balaban J connectivity index is 0.000000845. The zero-order valence-electron chi connectivity index (χ0n) is 8.19. The molecule has 0 aliphatic carbocycles. The van der Waals surface area contributed by atoms with Crippen molar-refractivity contribution in [2.75, 3.05) is 19.3 Å². The fourth-order valence-electron chi connectivity index (χ4n) is 1.78. The maximum atomic E-state index is 5.87. The summed E-state index contributed by atoms with van der Waals surface area (Å²) in [5.74, 6) is 0. The summed E-state index contributed by atoms with van der Waals surface area (Å²) in [4.78, 5) is 2.32. The molecule has 2 nitrogen and oxygen atoms in total. The minimum Gasteiger partial charge on any atom is -0.398 e. The number of likely N-dealkylation sites (N-methyl/N-ethyl adjacent to an activating group) is 1. The van der Waals surface area contributed by atoms with E-state index in [1.807, 2.05) is 12.1 Å². The van der Waals surface area contributed by atoms with Crippen LogP contribution in [-0.2, 0) is 13.0 Å². The lowest BCUT2D eigenvalue weighted by atomic mass is 9.98. The number of rotatable bonds is 0. The smallest absolute Gasteiger partial charge is 0.0350 e. The second-order valence-corrected chi connectivity index (χ2v) is 3.47. The van der Waals surface area contributed by atoms with Crippen molar-refractivity contribution in [2.45, 2.75) is 13.0 Å². The molecule has 0 saturated heterocycles. The first kappa shape index (κ1) is 13.6. The molecule has 0 atom stereocenters. The summed E-state index contributed by atoms with van der Waals surface area (Å²) in [6.45, 7) is 2.17. The minimum atomic E-state index is 0. The molecule has 4 heteroatoms. The van der Waals surface area contributed by atoms with Crippen molar-refractivity contribution < 1.29 is 0 Å². The molecule has 1 aliphatic heterocycles. The Morgan fingerprint density at radius 1 is 1.29 bits per heavy atom. The molecular weight excluding hydrogens is 219 g/mol. The highest BCUT2D eigenvalue weighted by Gasteiger charge is 2.13. The van der Waals surface area contributed by atoms with Gasteiger partial charge in [-0.05, 0) is 30.7 Å². The average Bonchev–Trinajstić information content (AvgIpc) is 2.04. The second kappa shape index (κ2) is 5.44. The highest BCUT2D eigenvalue weighted by atomic mass is 35.5. The van der Waals surface area contributed by atoms with Crippen molar-refractivity contribution in [1.29, 1.82) is 0 Å². The van der Waals surface area contributed by atoms with Crippen LogP contribution in [0.3, 0.4) is 0 Å². The van der Waals surface area contributed by atoms with Crippen LogP contribution in [0.2, 0.25) is 0 Å². The van der Waals surface area contributed by atoms with E-state index in [9.17, 15) is 0 Å². The van der Waals surface area contributed by atoms with Crippen molar-refractivity contribution in [3.05, 3.63) is 29.3 Å². The Hall–Kier alpha value is -0.440. The van der Waals surface area contributed by atoms with Crippen LogP contribution < -0.4 is 5.73 Å². The van der Waals surface area contributed by atoms with Crippen LogP contribution in [0.5, 0.6) is 0 Å². The van der Waals surface area contributed by atoms with Gasteiger partial charge in [0.05, 0.1) is 0 Å². The number of nitrogen functional groups attached to an aromatic ring is 1. The number of hydrogen-bond donors (Lipinski definition) is 1. The SMILES string of the molecule is CN1CCc2c(N)cccc2C1.Cl.Cl. The van der Waals surface area contributed by atoms with Gasteiger partial charge in [-0.3, -0.25) is 0 Å². The normalized spacial score (nSPS) is 14.9. The second-order valence-electron chi connectivity index (χ2n) is 3.47. The lowest BCUT2D eigenvalue weighted by Gasteiger charge is -2.25. The van der Waals surface area contributed by atoms with E-state index in [1.54, 1.807) is 0 Å². The molecule has 0 bridgehead atoms. The molecule has 0 aromatic heterocycles. The van der Waals surface area contributed by atoms with E-state index >= 15 is 0 Å². The van der Waals surface area contributed by atoms with Gasteiger partial charge >= 0.3 is 0 Å². The fourth-order valence-corrected chi connectivity index (χ4v) is 1.78. The maximum absolute atomic E-state index is 5.87. The molecule has 0 amide bonds. The summed E-state index contributed by atoms with van der Waals surface area (Å²) in [5, 5.41) is 0. The summed E-state index contributed by atoms with van der Waals surface area (Å²) in [6, 6.07) is 6.19. The van der Waals surface area contributed by atoms with Gasteiger partial charge < -0.3 is 10.6 Å². The van der Waals surface area contributed by atoms with Crippen molar-refractivity contribution in [2.24, 2.45) is 0 Å². The zero-order valence-corrected chi connectivity index (χ0v) is 9.83. The largest absolute Gasteiger partial charge is 0.398 e. The first-order chi connectivity index (χ1) is 5.77.